The molecule has 1 aliphatic heterocycles. The Morgan fingerprint density at radius 3 is 2.65 bits per heavy atom. The summed E-state index contributed by atoms with van der Waals surface area (Å²) >= 11 is 0. The monoisotopic (exact) mass is 285 g/mol. The number of ether oxygens (including phenoxy) is 1. The molecule has 3 atom stereocenters. The Morgan fingerprint density at radius 2 is 1.85 bits per heavy atom. The van der Waals surface area contributed by atoms with Crippen molar-refractivity contribution in [1.82, 2.24) is 5.32 Å². The van der Waals surface area contributed by atoms with E-state index in [-0.39, 0.29) is 11.8 Å². The van der Waals surface area contributed by atoms with E-state index in [1.807, 2.05) is 0 Å². The fourth-order valence-corrected chi connectivity index (χ4v) is 3.56. The third-order valence-corrected chi connectivity index (χ3v) is 4.42. The Kier molecular flexibility index (Phi) is 3.63. The van der Waals surface area contributed by atoms with Gasteiger partial charge in [0.15, 0.2) is 0 Å². The van der Waals surface area contributed by atoms with Crippen LogP contribution in [0.5, 0.6) is 5.75 Å². The number of rotatable bonds is 2. The summed E-state index contributed by atoms with van der Waals surface area (Å²) in [6.07, 6.45) is 0.910. The number of halogens is 3. The van der Waals surface area contributed by atoms with Crippen LogP contribution in [0.4, 0.5) is 13.2 Å². The van der Waals surface area contributed by atoms with Crippen molar-refractivity contribution in [2.24, 2.45) is 5.92 Å². The third kappa shape index (κ3) is 2.92. The van der Waals surface area contributed by atoms with Crippen LogP contribution in [-0.2, 0) is 0 Å². The van der Waals surface area contributed by atoms with E-state index in [4.69, 9.17) is 0 Å². The molecule has 2 nitrogen and oxygen atoms in total. The molecule has 5 heteroatoms. The molecule has 1 heterocycles. The molecule has 3 unspecified atom stereocenters. The lowest BCUT2D eigenvalue weighted by atomic mass is 9.87. The predicted molar refractivity (Wildman–Crippen MR) is 69.4 cm³/mol. The first-order valence-corrected chi connectivity index (χ1v) is 7.13. The Labute approximate surface area is 116 Å². The summed E-state index contributed by atoms with van der Waals surface area (Å²) in [6.45, 7) is 0. The van der Waals surface area contributed by atoms with Crippen LogP contribution in [0.25, 0.3) is 0 Å². The van der Waals surface area contributed by atoms with Crippen molar-refractivity contribution in [1.29, 1.82) is 0 Å². The Morgan fingerprint density at radius 1 is 1.05 bits per heavy atom. The van der Waals surface area contributed by atoms with Crippen LogP contribution in [0.15, 0.2) is 24.3 Å². The normalized spacial score (nSPS) is 30.1. The number of piperidine rings is 1. The molecule has 1 aliphatic carbocycles. The maximum absolute atomic E-state index is 12.5. The van der Waals surface area contributed by atoms with E-state index in [0.29, 0.717) is 17.5 Å². The van der Waals surface area contributed by atoms with Crippen LogP contribution in [0.2, 0.25) is 0 Å². The number of fused-ring (bicyclic) bond motifs is 1. The minimum Gasteiger partial charge on any atom is -0.405 e. The van der Waals surface area contributed by atoms with Crippen LogP contribution in [-0.4, -0.2) is 12.4 Å². The second-order valence-electron chi connectivity index (χ2n) is 5.68. The molecule has 2 aliphatic rings. The van der Waals surface area contributed by atoms with Gasteiger partial charge in [-0.1, -0.05) is 24.6 Å². The highest BCUT2D eigenvalue weighted by molar-refractivity contribution is 5.36. The molecule has 2 fully saturated rings. The smallest absolute Gasteiger partial charge is 0.405 e. The van der Waals surface area contributed by atoms with Gasteiger partial charge in [-0.25, -0.2) is 0 Å². The van der Waals surface area contributed by atoms with Crippen molar-refractivity contribution in [2.75, 3.05) is 0 Å². The molecule has 1 aromatic rings. The molecule has 0 amide bonds. The topological polar surface area (TPSA) is 21.3 Å². The van der Waals surface area contributed by atoms with Gasteiger partial charge in [-0.15, -0.1) is 13.2 Å². The lowest BCUT2D eigenvalue weighted by molar-refractivity contribution is -0.275. The number of nitrogens with one attached hydrogen (secondary N) is 1. The van der Waals surface area contributed by atoms with Gasteiger partial charge in [-0.3, -0.25) is 0 Å². The summed E-state index contributed by atoms with van der Waals surface area (Å²) in [5.41, 5.74) is 0.621. The SMILES string of the molecule is FC(F)(F)Oc1ccccc1C1CCC2CCCC2N1. The van der Waals surface area contributed by atoms with E-state index in [9.17, 15) is 13.2 Å². The van der Waals surface area contributed by atoms with Gasteiger partial charge >= 0.3 is 6.36 Å². The molecule has 0 spiro atoms. The van der Waals surface area contributed by atoms with Gasteiger partial charge in [0.1, 0.15) is 5.75 Å². The van der Waals surface area contributed by atoms with Crippen molar-refractivity contribution in [3.63, 3.8) is 0 Å². The summed E-state index contributed by atoms with van der Waals surface area (Å²) in [5.74, 6) is 0.621. The van der Waals surface area contributed by atoms with Crippen LogP contribution < -0.4 is 10.1 Å². The molecule has 0 aromatic heterocycles. The molecule has 1 saturated carbocycles. The second-order valence-corrected chi connectivity index (χ2v) is 5.68. The number of hydrogen-bond acceptors (Lipinski definition) is 2. The lowest BCUT2D eigenvalue weighted by Crippen LogP contribution is -2.40. The zero-order chi connectivity index (χ0) is 14.2. The van der Waals surface area contributed by atoms with E-state index in [0.717, 1.165) is 19.3 Å². The Balaban J connectivity index is 1.79. The van der Waals surface area contributed by atoms with Crippen LogP contribution in [0, 0.1) is 5.92 Å². The first kappa shape index (κ1) is 13.7. The second kappa shape index (κ2) is 5.28. The molecule has 110 valence electrons. The van der Waals surface area contributed by atoms with Gasteiger partial charge in [-0.05, 0) is 37.7 Å². The van der Waals surface area contributed by atoms with E-state index in [1.165, 1.54) is 18.9 Å². The number of para-hydroxylation sites is 1. The van der Waals surface area contributed by atoms with Gasteiger partial charge in [0.2, 0.25) is 0 Å². The Bertz CT molecular complexity index is 474. The molecule has 20 heavy (non-hydrogen) atoms. The van der Waals surface area contributed by atoms with Gasteiger partial charge < -0.3 is 10.1 Å². The predicted octanol–water partition coefficient (Wildman–Crippen LogP) is 4.18. The lowest BCUT2D eigenvalue weighted by Gasteiger charge is -2.34. The zero-order valence-corrected chi connectivity index (χ0v) is 11.1. The van der Waals surface area contributed by atoms with Crippen LogP contribution in [0.3, 0.4) is 0 Å². The first-order valence-electron chi connectivity index (χ1n) is 7.13. The summed E-state index contributed by atoms with van der Waals surface area (Å²) in [4.78, 5) is 0. The molecular formula is C15H18F3NO. The minimum absolute atomic E-state index is 0.0344. The molecule has 1 aromatic carbocycles. The largest absolute Gasteiger partial charge is 0.573 e. The highest BCUT2D eigenvalue weighted by Gasteiger charge is 2.36. The van der Waals surface area contributed by atoms with Crippen molar-refractivity contribution in [2.45, 2.75) is 50.6 Å². The quantitative estimate of drug-likeness (QED) is 0.880. The van der Waals surface area contributed by atoms with E-state index < -0.39 is 6.36 Å². The summed E-state index contributed by atoms with van der Waals surface area (Å²) in [6, 6.07) is 6.88. The highest BCUT2D eigenvalue weighted by atomic mass is 19.4. The first-order chi connectivity index (χ1) is 9.53. The fourth-order valence-electron chi connectivity index (χ4n) is 3.56. The number of alkyl halides is 3. The highest BCUT2D eigenvalue weighted by Crippen LogP contribution is 2.40. The van der Waals surface area contributed by atoms with Gasteiger partial charge in [0.05, 0.1) is 0 Å². The molecule has 1 saturated heterocycles. The van der Waals surface area contributed by atoms with Crippen molar-refractivity contribution in [3.8, 4) is 5.75 Å². The average Bonchev–Trinajstić information content (AvgIpc) is 2.84. The molecular weight excluding hydrogens is 267 g/mol. The third-order valence-electron chi connectivity index (χ3n) is 4.42. The summed E-state index contributed by atoms with van der Waals surface area (Å²) in [5, 5.41) is 3.51. The summed E-state index contributed by atoms with van der Waals surface area (Å²) < 4.78 is 41.5. The van der Waals surface area contributed by atoms with Crippen molar-refractivity contribution >= 4 is 0 Å². The molecule has 0 radical (unpaired) electrons. The van der Waals surface area contributed by atoms with E-state index in [1.54, 1.807) is 18.2 Å². The van der Waals surface area contributed by atoms with Gasteiger partial charge in [0.25, 0.3) is 0 Å². The molecule has 0 bridgehead atoms. The molecule has 1 N–H and O–H groups in total. The van der Waals surface area contributed by atoms with Crippen molar-refractivity contribution in [3.05, 3.63) is 29.8 Å². The molecule has 3 rings (SSSR count). The standard InChI is InChI=1S/C15H18F3NO/c16-15(17,18)20-14-7-2-1-5-11(14)13-9-8-10-4-3-6-12(10)19-13/h1-2,5,7,10,12-13,19H,3-4,6,8-9H2. The fraction of sp³-hybridized carbons (Fsp3) is 0.600. The average molecular weight is 285 g/mol. The van der Waals surface area contributed by atoms with Gasteiger partial charge in [-0.2, -0.15) is 0 Å². The Hall–Kier alpha value is -1.23. The van der Waals surface area contributed by atoms with E-state index in [2.05, 4.69) is 10.1 Å². The van der Waals surface area contributed by atoms with Crippen molar-refractivity contribution < 1.29 is 17.9 Å². The minimum atomic E-state index is -4.64. The zero-order valence-electron chi connectivity index (χ0n) is 11.1. The maximum atomic E-state index is 12.5. The van der Waals surface area contributed by atoms with E-state index >= 15 is 0 Å². The van der Waals surface area contributed by atoms with Crippen LogP contribution in [0.1, 0.15) is 43.7 Å². The van der Waals surface area contributed by atoms with Gasteiger partial charge in [0, 0.05) is 17.6 Å². The summed E-state index contributed by atoms with van der Waals surface area (Å²) in [7, 11) is 0. The maximum Gasteiger partial charge on any atom is 0.573 e. The van der Waals surface area contributed by atoms with Crippen LogP contribution >= 0.6 is 0 Å². The number of hydrogen-bond donors (Lipinski definition) is 1. The number of benzene rings is 1.